The van der Waals surface area contributed by atoms with Gasteiger partial charge in [-0.25, -0.2) is 14.4 Å². The average Bonchev–Trinajstić information content (AvgIpc) is 3.45. The van der Waals surface area contributed by atoms with Crippen molar-refractivity contribution in [2.24, 2.45) is 5.10 Å². The van der Waals surface area contributed by atoms with Gasteiger partial charge in [-0.1, -0.05) is 54.4 Å². The average molecular weight is 626 g/mol. The maximum atomic E-state index is 14.4. The molecule has 1 aliphatic rings. The number of pyridine rings is 1. The van der Waals surface area contributed by atoms with E-state index in [-0.39, 0.29) is 33.7 Å². The number of ether oxygens (including phenoxy) is 2. The van der Waals surface area contributed by atoms with E-state index >= 15 is 0 Å². The number of halogens is 5. The minimum atomic E-state index is -3.92. The van der Waals surface area contributed by atoms with E-state index in [1.165, 1.54) is 25.4 Å². The van der Waals surface area contributed by atoms with Crippen LogP contribution < -0.4 is 15.6 Å². The Morgan fingerprint density at radius 3 is 2.67 bits per heavy atom. The number of aromatic nitrogens is 1. The van der Waals surface area contributed by atoms with Crippen LogP contribution in [0.15, 0.2) is 53.8 Å². The standard InChI is InChI=1S/C28H28Cl2F3N5O4/c1-3-11-42-22(41-2)14-35-26(39)18-12-16-7-4-5-8-17(16)23(30)24(18)36-27(40)20-13-21(28(32,33)15-31)37-38(20)25-19(29)9-6-10-34-25/h4-10,12,20,22H,3,11,13-15H2,1-2H3,(H,35,39)(H,36,40). The van der Waals surface area contributed by atoms with Gasteiger partial charge in [0.25, 0.3) is 5.91 Å². The van der Waals surface area contributed by atoms with E-state index < -0.39 is 48.9 Å². The summed E-state index contributed by atoms with van der Waals surface area (Å²) in [6.07, 6.45) is 0.740. The van der Waals surface area contributed by atoms with Gasteiger partial charge in [0.1, 0.15) is 11.8 Å². The van der Waals surface area contributed by atoms with E-state index in [0.717, 1.165) is 11.4 Å². The largest absolute Gasteiger partial charge is 0.354 e. The summed E-state index contributed by atoms with van der Waals surface area (Å²) in [5.74, 6) is -5.45. The van der Waals surface area contributed by atoms with Crippen LogP contribution >= 0.6 is 23.2 Å². The first-order valence-corrected chi connectivity index (χ1v) is 13.7. The summed E-state index contributed by atoms with van der Waals surface area (Å²) in [6, 6.07) is 10.0. The number of carbonyl (C=O) groups is 2. The van der Waals surface area contributed by atoms with Crippen LogP contribution in [0.4, 0.5) is 24.7 Å². The van der Waals surface area contributed by atoms with Crippen molar-refractivity contribution < 1.29 is 32.2 Å². The summed E-state index contributed by atoms with van der Waals surface area (Å²) in [6.45, 7) is 0.338. The molecule has 0 spiro atoms. The fourth-order valence-corrected chi connectivity index (χ4v) is 4.83. The molecule has 0 radical (unpaired) electrons. The van der Waals surface area contributed by atoms with Crippen molar-refractivity contribution in [2.45, 2.75) is 38.0 Å². The van der Waals surface area contributed by atoms with Crippen LogP contribution in [0.1, 0.15) is 30.1 Å². The third-order valence-electron chi connectivity index (χ3n) is 6.44. The minimum Gasteiger partial charge on any atom is -0.354 e. The summed E-state index contributed by atoms with van der Waals surface area (Å²) in [4.78, 5) is 31.1. The molecule has 2 N–H and O–H groups in total. The van der Waals surface area contributed by atoms with Crippen molar-refractivity contribution in [3.05, 3.63) is 64.3 Å². The van der Waals surface area contributed by atoms with E-state index in [2.05, 4.69) is 20.7 Å². The van der Waals surface area contributed by atoms with Gasteiger partial charge in [0.15, 0.2) is 18.8 Å². The summed E-state index contributed by atoms with van der Waals surface area (Å²) in [5.41, 5.74) is -0.903. The second-order valence-electron chi connectivity index (χ2n) is 9.33. The van der Waals surface area contributed by atoms with Crippen LogP contribution in [0.3, 0.4) is 0 Å². The number of hydrogen-bond donors (Lipinski definition) is 2. The highest BCUT2D eigenvalue weighted by atomic mass is 35.5. The van der Waals surface area contributed by atoms with E-state index in [9.17, 15) is 22.8 Å². The number of hydrazone groups is 1. The van der Waals surface area contributed by atoms with Crippen molar-refractivity contribution in [2.75, 3.05) is 37.3 Å². The summed E-state index contributed by atoms with van der Waals surface area (Å²) >= 11 is 12.9. The monoisotopic (exact) mass is 625 g/mol. The highest BCUT2D eigenvalue weighted by Gasteiger charge is 2.46. The zero-order valence-electron chi connectivity index (χ0n) is 22.7. The number of nitrogens with one attached hydrogen (secondary N) is 2. The van der Waals surface area contributed by atoms with Crippen LogP contribution in [0.2, 0.25) is 10.0 Å². The SMILES string of the molecule is CCCOC(CNC(=O)c1cc2ccccc2c(Cl)c1NC(=O)C1CC(C(F)(F)CF)=NN1c1ncccc1Cl)OC. The van der Waals surface area contributed by atoms with Gasteiger partial charge < -0.3 is 20.1 Å². The lowest BCUT2D eigenvalue weighted by molar-refractivity contribution is -0.119. The molecule has 1 aliphatic heterocycles. The zero-order valence-corrected chi connectivity index (χ0v) is 24.2. The van der Waals surface area contributed by atoms with Gasteiger partial charge in [-0.05, 0) is 30.0 Å². The Labute approximate surface area is 250 Å². The number of anilines is 2. The van der Waals surface area contributed by atoms with Crippen molar-refractivity contribution >= 4 is 63.0 Å². The number of carbonyl (C=O) groups excluding carboxylic acids is 2. The van der Waals surface area contributed by atoms with Gasteiger partial charge in [0, 0.05) is 31.7 Å². The molecule has 3 aromatic rings. The van der Waals surface area contributed by atoms with E-state index in [1.807, 2.05) is 6.92 Å². The number of amides is 2. The number of rotatable bonds is 12. The summed E-state index contributed by atoms with van der Waals surface area (Å²) in [5, 5.41) is 11.3. The lowest BCUT2D eigenvalue weighted by atomic mass is 10.0. The summed E-state index contributed by atoms with van der Waals surface area (Å²) < 4.78 is 52.7. The molecule has 9 nitrogen and oxygen atoms in total. The Hall–Kier alpha value is -3.45. The number of fused-ring (bicyclic) bond motifs is 1. The quantitative estimate of drug-likeness (QED) is 0.245. The first kappa shape index (κ1) is 31.5. The van der Waals surface area contributed by atoms with Gasteiger partial charge in [-0.2, -0.15) is 13.9 Å². The zero-order chi connectivity index (χ0) is 30.4. The van der Waals surface area contributed by atoms with Crippen LogP contribution in [-0.2, 0) is 14.3 Å². The maximum absolute atomic E-state index is 14.4. The molecule has 4 rings (SSSR count). The Morgan fingerprint density at radius 2 is 1.98 bits per heavy atom. The predicted molar refractivity (Wildman–Crippen MR) is 155 cm³/mol. The molecule has 14 heteroatoms. The van der Waals surface area contributed by atoms with Crippen molar-refractivity contribution in [3.8, 4) is 0 Å². The normalized spacial score (nSPS) is 15.9. The fraction of sp³-hybridized carbons (Fsp3) is 0.357. The molecule has 2 atom stereocenters. The fourth-order valence-electron chi connectivity index (χ4n) is 4.30. The third kappa shape index (κ3) is 6.78. The number of alkyl halides is 3. The Morgan fingerprint density at radius 1 is 1.21 bits per heavy atom. The van der Waals surface area contributed by atoms with E-state index in [4.69, 9.17) is 32.7 Å². The number of benzene rings is 2. The second-order valence-corrected chi connectivity index (χ2v) is 10.1. The molecule has 224 valence electrons. The lowest BCUT2D eigenvalue weighted by Crippen LogP contribution is -2.40. The van der Waals surface area contributed by atoms with Crippen LogP contribution in [0.5, 0.6) is 0 Å². The molecule has 2 amide bonds. The molecule has 1 aromatic heterocycles. The molecule has 0 fully saturated rings. The van der Waals surface area contributed by atoms with E-state index in [1.54, 1.807) is 30.3 Å². The number of hydrogen-bond acceptors (Lipinski definition) is 7. The van der Waals surface area contributed by atoms with Gasteiger partial charge in [0.05, 0.1) is 27.8 Å². The number of methoxy groups -OCH3 is 1. The highest BCUT2D eigenvalue weighted by molar-refractivity contribution is 6.40. The van der Waals surface area contributed by atoms with Crippen LogP contribution in [0, 0.1) is 0 Å². The predicted octanol–water partition coefficient (Wildman–Crippen LogP) is 5.85. The smallest absolute Gasteiger partial charge is 0.315 e. The van der Waals surface area contributed by atoms with Crippen molar-refractivity contribution in [1.29, 1.82) is 0 Å². The van der Waals surface area contributed by atoms with E-state index in [0.29, 0.717) is 17.4 Å². The molecule has 2 aromatic carbocycles. The van der Waals surface area contributed by atoms with Crippen LogP contribution in [-0.4, -0.2) is 67.7 Å². The molecule has 0 aliphatic carbocycles. The molecule has 2 heterocycles. The van der Waals surface area contributed by atoms with Gasteiger partial charge >= 0.3 is 5.92 Å². The first-order chi connectivity index (χ1) is 20.1. The van der Waals surface area contributed by atoms with Gasteiger partial charge in [-0.3, -0.25) is 9.59 Å². The highest BCUT2D eigenvalue weighted by Crippen LogP contribution is 2.37. The Balaban J connectivity index is 1.69. The molecule has 0 saturated heterocycles. The minimum absolute atomic E-state index is 0.00272. The topological polar surface area (TPSA) is 105 Å². The molecule has 42 heavy (non-hydrogen) atoms. The van der Waals surface area contributed by atoms with Crippen molar-refractivity contribution in [3.63, 3.8) is 0 Å². The first-order valence-electron chi connectivity index (χ1n) is 13.0. The molecule has 2 unspecified atom stereocenters. The molecular formula is C28H28Cl2F3N5O4. The maximum Gasteiger partial charge on any atom is 0.315 e. The molecular weight excluding hydrogens is 598 g/mol. The Kier molecular flexibility index (Phi) is 10.3. The van der Waals surface area contributed by atoms with Gasteiger partial charge in [-0.15, -0.1) is 0 Å². The van der Waals surface area contributed by atoms with Gasteiger partial charge in [0.2, 0.25) is 5.91 Å². The Bertz CT molecular complexity index is 1490. The molecule has 0 saturated carbocycles. The van der Waals surface area contributed by atoms with Crippen molar-refractivity contribution in [1.82, 2.24) is 10.3 Å². The number of nitrogens with zero attached hydrogens (tertiary/aromatic N) is 3. The van der Waals surface area contributed by atoms with Crippen LogP contribution in [0.25, 0.3) is 10.8 Å². The summed E-state index contributed by atoms with van der Waals surface area (Å²) in [7, 11) is 1.44. The second kappa shape index (κ2) is 13.7. The lowest BCUT2D eigenvalue weighted by Gasteiger charge is -2.24. The third-order valence-corrected chi connectivity index (χ3v) is 7.13. The molecule has 0 bridgehead atoms.